The van der Waals surface area contributed by atoms with Crippen LogP contribution in [0.1, 0.15) is 17.3 Å². The number of aryl methyl sites for hydroxylation is 2. The van der Waals surface area contributed by atoms with Crippen LogP contribution in [-0.4, -0.2) is 28.4 Å². The Morgan fingerprint density at radius 2 is 1.71 bits per heavy atom. The van der Waals surface area contributed by atoms with Crippen molar-refractivity contribution in [1.29, 1.82) is 0 Å². The summed E-state index contributed by atoms with van der Waals surface area (Å²) in [6.45, 7) is 4.49. The first-order chi connectivity index (χ1) is 10.2. The van der Waals surface area contributed by atoms with Gasteiger partial charge in [-0.05, 0) is 0 Å². The molecule has 0 fully saturated rings. The third kappa shape index (κ3) is 5.32. The molecular weight excluding hydrogens is 323 g/mol. The maximum absolute atomic E-state index is 8.25. The smallest absolute Gasteiger partial charge is 0.153 e. The van der Waals surface area contributed by atoms with Crippen molar-refractivity contribution in [3.63, 3.8) is 0 Å². The molecule has 0 spiro atoms. The Morgan fingerprint density at radius 1 is 1.10 bits per heavy atom. The van der Waals surface area contributed by atoms with E-state index in [4.69, 9.17) is 19.7 Å². The second-order valence-corrected chi connectivity index (χ2v) is 7.53. The number of allylic oxidation sites excluding steroid dienone is 2. The fourth-order valence-electron chi connectivity index (χ4n) is 2.04. The van der Waals surface area contributed by atoms with Crippen LogP contribution in [0.25, 0.3) is 0 Å². The zero-order valence-corrected chi connectivity index (χ0v) is 16.1. The summed E-state index contributed by atoms with van der Waals surface area (Å²) in [6, 6.07) is 0. The van der Waals surface area contributed by atoms with Gasteiger partial charge in [0.2, 0.25) is 0 Å². The third-order valence-electron chi connectivity index (χ3n) is 2.96. The van der Waals surface area contributed by atoms with Crippen molar-refractivity contribution in [2.24, 2.45) is 0 Å². The van der Waals surface area contributed by atoms with E-state index in [0.717, 1.165) is 40.4 Å². The molecule has 0 saturated heterocycles. The van der Waals surface area contributed by atoms with E-state index in [-0.39, 0.29) is 19.2 Å². The van der Waals surface area contributed by atoms with Gasteiger partial charge in [0.1, 0.15) is 0 Å². The quantitative estimate of drug-likeness (QED) is 0.756. The van der Waals surface area contributed by atoms with Crippen molar-refractivity contribution in [2.45, 2.75) is 20.3 Å². The number of hydrogen-bond acceptors (Lipinski definition) is 4. The Balaban J connectivity index is 0.000000921. The zero-order chi connectivity index (χ0) is 16.4. The fraction of sp³-hybridized carbons (Fsp3) is 0.467. The molecule has 0 N–H and O–H groups in total. The average Bonchev–Trinajstić information content (AvgIpc) is 3.08. The van der Waals surface area contributed by atoms with Gasteiger partial charge in [-0.1, -0.05) is 0 Å². The van der Waals surface area contributed by atoms with E-state index < -0.39 is 0 Å². The monoisotopic (exact) mass is 346 g/mol. The summed E-state index contributed by atoms with van der Waals surface area (Å²) in [5, 5.41) is 18.1. The van der Waals surface area contributed by atoms with Crippen molar-refractivity contribution in [3.05, 3.63) is 38.1 Å². The van der Waals surface area contributed by atoms with Gasteiger partial charge in [0.25, 0.3) is 0 Å². The molecule has 1 unspecified atom stereocenters. The van der Waals surface area contributed by atoms with E-state index in [1.54, 1.807) is 23.4 Å². The van der Waals surface area contributed by atoms with Gasteiger partial charge < -0.3 is 10.2 Å². The minimum Gasteiger partial charge on any atom is -0.857 e. The molecule has 116 valence electrons. The summed E-state index contributed by atoms with van der Waals surface area (Å²) < 4.78 is 13.9. The zero-order valence-electron chi connectivity index (χ0n) is 13.5. The standard InChI is InChI=1S/C7H9O2.C6H8P.2CH3O.Ti/c1-8-6-4-3-5-7(6)9-2;1-5-3-6(2)7-4-5;2*1-2;/h4H,3H2,1-2H3;4,7H,1-2H3;2*1H3;/q;;2*-1;+2. The van der Waals surface area contributed by atoms with E-state index >= 15 is 0 Å². The van der Waals surface area contributed by atoms with Crippen LogP contribution in [0.15, 0.2) is 27.3 Å². The van der Waals surface area contributed by atoms with Gasteiger partial charge in [0, 0.05) is 0 Å². The summed E-state index contributed by atoms with van der Waals surface area (Å²) >= 11 is -0.251. The van der Waals surface area contributed by atoms with E-state index in [1.807, 2.05) is 0 Å². The summed E-state index contributed by atoms with van der Waals surface area (Å²) in [7, 11) is 5.83. The van der Waals surface area contributed by atoms with E-state index in [0.29, 0.717) is 0 Å². The van der Waals surface area contributed by atoms with Crippen LogP contribution in [0.4, 0.5) is 0 Å². The van der Waals surface area contributed by atoms with Crippen LogP contribution in [0.2, 0.25) is 0 Å². The third-order valence-corrected chi connectivity index (χ3v) is 7.35. The Morgan fingerprint density at radius 3 is 2.14 bits per heavy atom. The molecule has 1 heterocycles. The molecule has 0 aliphatic heterocycles. The molecular formula is C15H23O4PTi. The molecule has 21 heavy (non-hydrogen) atoms. The van der Waals surface area contributed by atoms with Crippen LogP contribution in [0, 0.1) is 13.8 Å². The maximum Gasteiger partial charge on any atom is -0.153 e. The van der Waals surface area contributed by atoms with Crippen molar-refractivity contribution in [1.82, 2.24) is 0 Å². The van der Waals surface area contributed by atoms with Crippen molar-refractivity contribution < 1.29 is 38.8 Å². The largest absolute Gasteiger partial charge is 0.857 e. The van der Waals surface area contributed by atoms with Gasteiger partial charge in [0.15, 0.2) is 0 Å². The second kappa shape index (κ2) is 11.1. The summed E-state index contributed by atoms with van der Waals surface area (Å²) in [4.78, 5) is 0. The molecule has 0 aromatic carbocycles. The molecule has 1 atom stereocenters. The molecule has 2 rings (SSSR count). The summed E-state index contributed by atoms with van der Waals surface area (Å²) in [5.41, 5.74) is 1.48. The number of rotatable bonds is 4. The average molecular weight is 346 g/mol. The first-order valence-electron chi connectivity index (χ1n) is 6.42. The van der Waals surface area contributed by atoms with Gasteiger partial charge in [-0.2, -0.15) is 14.2 Å². The Labute approximate surface area is 137 Å². The van der Waals surface area contributed by atoms with E-state index in [1.165, 1.54) is 9.44 Å². The van der Waals surface area contributed by atoms with Crippen LogP contribution < -0.4 is 14.1 Å². The molecule has 1 aliphatic rings. The predicted molar refractivity (Wildman–Crippen MR) is 80.6 cm³/mol. The minimum atomic E-state index is -0.251. The SMILES string of the molecule is COC1=CC[C]([Ti+2][c]2c(C)c[pH]c2C)=C1OC.C[O-].C[O-]. The topological polar surface area (TPSA) is 64.6 Å². The Bertz CT molecular complexity index is 472. The van der Waals surface area contributed by atoms with Gasteiger partial charge in [0.05, 0.1) is 0 Å². The molecule has 0 amide bonds. The van der Waals surface area contributed by atoms with E-state index in [2.05, 4.69) is 25.7 Å². The molecule has 1 aliphatic carbocycles. The molecule has 0 radical (unpaired) electrons. The second-order valence-electron chi connectivity index (χ2n) is 4.09. The molecule has 4 nitrogen and oxygen atoms in total. The van der Waals surface area contributed by atoms with Crippen molar-refractivity contribution in [3.8, 4) is 0 Å². The van der Waals surface area contributed by atoms with Crippen LogP contribution in [0.3, 0.4) is 0 Å². The van der Waals surface area contributed by atoms with Crippen LogP contribution in [0.5, 0.6) is 0 Å². The molecule has 0 bridgehead atoms. The summed E-state index contributed by atoms with van der Waals surface area (Å²) in [5.74, 6) is 4.25. The van der Waals surface area contributed by atoms with Crippen LogP contribution >= 0.6 is 8.19 Å². The number of ether oxygens (including phenoxy) is 2. The predicted octanol–water partition coefficient (Wildman–Crippen LogP) is 0.788. The first-order valence-corrected chi connectivity index (χ1v) is 9.06. The minimum absolute atomic E-state index is 0.251. The number of hydrogen-bond donors (Lipinski definition) is 0. The van der Waals surface area contributed by atoms with Gasteiger partial charge >= 0.3 is 113 Å². The maximum atomic E-state index is 8.25. The van der Waals surface area contributed by atoms with Crippen LogP contribution in [-0.2, 0) is 28.6 Å². The molecule has 1 aromatic heterocycles. The Kier molecular flexibility index (Phi) is 10.8. The molecule has 1 aromatic rings. The van der Waals surface area contributed by atoms with Crippen molar-refractivity contribution in [2.75, 3.05) is 28.4 Å². The fourth-order valence-corrected chi connectivity index (χ4v) is 5.81. The van der Waals surface area contributed by atoms with Gasteiger partial charge in [-0.15, -0.1) is 0 Å². The van der Waals surface area contributed by atoms with Crippen molar-refractivity contribution >= 4 is 12.1 Å². The normalized spacial score (nSPS) is 12.9. The molecule has 0 saturated carbocycles. The Hall–Kier alpha value is -0.506. The van der Waals surface area contributed by atoms with Gasteiger partial charge in [-0.3, -0.25) is 0 Å². The van der Waals surface area contributed by atoms with Gasteiger partial charge in [-0.25, -0.2) is 0 Å². The number of methoxy groups -OCH3 is 2. The molecule has 6 heteroatoms. The van der Waals surface area contributed by atoms with E-state index in [9.17, 15) is 0 Å². The first kappa shape index (κ1) is 20.5. The summed E-state index contributed by atoms with van der Waals surface area (Å²) in [6.07, 6.45) is 3.13.